The molecule has 0 aliphatic carbocycles. The van der Waals surface area contributed by atoms with Gasteiger partial charge in [-0.25, -0.2) is 24.2 Å². The number of methoxy groups -OCH3 is 1. The number of hydrogen-bond donors (Lipinski definition) is 4. The quantitative estimate of drug-likeness (QED) is 0.0802. The van der Waals surface area contributed by atoms with Crippen LogP contribution >= 0.6 is 15.9 Å². The molecular weight excluding hydrogens is 828 g/mol. The Bertz CT molecular complexity index is 2230. The Labute approximate surface area is 350 Å². The van der Waals surface area contributed by atoms with E-state index in [-0.39, 0.29) is 47.5 Å². The van der Waals surface area contributed by atoms with Crippen molar-refractivity contribution in [1.82, 2.24) is 15.6 Å². The van der Waals surface area contributed by atoms with Crippen LogP contribution in [0.2, 0.25) is 0 Å². The molecule has 5 rings (SSSR count). The zero-order chi connectivity index (χ0) is 43.4. The number of phenols is 1. The second-order valence-electron chi connectivity index (χ2n) is 16.3. The molecule has 3 atom stereocenters. The number of nitrogens with zero attached hydrogens (tertiary/aromatic N) is 1. The van der Waals surface area contributed by atoms with Crippen molar-refractivity contribution >= 4 is 51.6 Å². The molecule has 0 radical (unpaired) electrons. The molecule has 0 fully saturated rings. The van der Waals surface area contributed by atoms with Gasteiger partial charge in [0.15, 0.2) is 16.9 Å². The van der Waals surface area contributed by atoms with Crippen molar-refractivity contribution in [2.45, 2.75) is 97.1 Å². The minimum atomic E-state index is -2.12. The van der Waals surface area contributed by atoms with Gasteiger partial charge in [-0.15, -0.1) is 0 Å². The number of phenolic OH excluding ortho intramolecular Hbond substituents is 1. The second-order valence-corrected chi connectivity index (χ2v) is 17.2. The summed E-state index contributed by atoms with van der Waals surface area (Å²) in [5.41, 5.74) is -2.67. The number of halogens is 1. The second kappa shape index (κ2) is 17.5. The lowest BCUT2D eigenvalue weighted by atomic mass is 9.71. The zero-order valence-corrected chi connectivity index (χ0v) is 35.9. The summed E-state index contributed by atoms with van der Waals surface area (Å²) in [4.78, 5) is 72.7. The molecule has 314 valence electrons. The maximum absolute atomic E-state index is 14.8. The van der Waals surface area contributed by atoms with Gasteiger partial charge in [-0.3, -0.25) is 4.79 Å². The SMILES string of the molecule is COC(=O)c1nc([C@@H](NC(=O)OC(C)(C)C)C(C)C)oc1C1(c2cc(C[C@H](NC(=O)OCc3ccccc3)C(=O)OC(C)(C)C)ccc2O)C(=O)Nc2c(Br)cccc21. The van der Waals surface area contributed by atoms with Crippen molar-refractivity contribution in [2.75, 3.05) is 12.4 Å². The summed E-state index contributed by atoms with van der Waals surface area (Å²) in [6, 6.07) is 16.0. The van der Waals surface area contributed by atoms with Crippen molar-refractivity contribution in [3.63, 3.8) is 0 Å². The fourth-order valence-electron chi connectivity index (χ4n) is 6.53. The van der Waals surface area contributed by atoms with Crippen molar-refractivity contribution in [3.05, 3.63) is 111 Å². The van der Waals surface area contributed by atoms with Gasteiger partial charge in [0.25, 0.3) is 0 Å². The summed E-state index contributed by atoms with van der Waals surface area (Å²) < 4.78 is 28.7. The molecule has 3 amide bonds. The number of carbonyl (C=O) groups is 5. The first kappa shape index (κ1) is 44.2. The number of amides is 3. The monoisotopic (exact) mass is 876 g/mol. The molecule has 3 aromatic carbocycles. The van der Waals surface area contributed by atoms with Gasteiger partial charge in [-0.1, -0.05) is 68.4 Å². The lowest BCUT2D eigenvalue weighted by Gasteiger charge is -2.29. The Morgan fingerprint density at radius 2 is 1.56 bits per heavy atom. The van der Waals surface area contributed by atoms with E-state index >= 15 is 0 Å². The van der Waals surface area contributed by atoms with Gasteiger partial charge in [-0.05, 0) is 86.6 Å². The largest absolute Gasteiger partial charge is 0.508 e. The van der Waals surface area contributed by atoms with E-state index in [1.54, 1.807) is 97.9 Å². The number of rotatable bonds is 12. The van der Waals surface area contributed by atoms with Gasteiger partial charge in [-0.2, -0.15) is 0 Å². The van der Waals surface area contributed by atoms with Crippen LogP contribution in [0, 0.1) is 5.92 Å². The Kier molecular flexibility index (Phi) is 13.1. The fraction of sp³-hybridized carbons (Fsp3) is 0.395. The molecule has 2 heterocycles. The maximum atomic E-state index is 14.8. The van der Waals surface area contributed by atoms with E-state index in [9.17, 15) is 29.1 Å². The highest BCUT2D eigenvalue weighted by Crippen LogP contribution is 2.53. The number of ether oxygens (including phenoxy) is 4. The van der Waals surface area contributed by atoms with Gasteiger partial charge in [0.2, 0.25) is 11.8 Å². The average Bonchev–Trinajstić information content (AvgIpc) is 3.72. The van der Waals surface area contributed by atoms with E-state index < -0.39 is 64.4 Å². The first-order chi connectivity index (χ1) is 27.6. The fourth-order valence-corrected chi connectivity index (χ4v) is 7.00. The number of benzene rings is 3. The normalized spacial score (nSPS) is 16.0. The summed E-state index contributed by atoms with van der Waals surface area (Å²) in [6.07, 6.45) is -1.85. The number of nitrogens with one attached hydrogen (secondary N) is 3. The lowest BCUT2D eigenvalue weighted by Crippen LogP contribution is -2.45. The molecule has 4 N–H and O–H groups in total. The Morgan fingerprint density at radius 3 is 2.19 bits per heavy atom. The Balaban J connectivity index is 1.67. The summed E-state index contributed by atoms with van der Waals surface area (Å²) in [5.74, 6) is -3.68. The lowest BCUT2D eigenvalue weighted by molar-refractivity contribution is -0.157. The van der Waals surface area contributed by atoms with Crippen molar-refractivity contribution in [3.8, 4) is 5.75 Å². The predicted octanol–water partition coefficient (Wildman–Crippen LogP) is 7.62. The number of hydrogen-bond acceptors (Lipinski definition) is 12. The van der Waals surface area contributed by atoms with Crippen LogP contribution in [0.3, 0.4) is 0 Å². The molecule has 1 aliphatic rings. The van der Waals surface area contributed by atoms with Crippen molar-refractivity contribution in [2.24, 2.45) is 5.92 Å². The van der Waals surface area contributed by atoms with Crippen LogP contribution in [-0.2, 0) is 47.0 Å². The van der Waals surface area contributed by atoms with E-state index in [1.165, 1.54) is 18.2 Å². The number of carbonyl (C=O) groups excluding carboxylic acids is 5. The molecule has 0 saturated heterocycles. The topological polar surface area (TPSA) is 205 Å². The Morgan fingerprint density at radius 1 is 0.881 bits per heavy atom. The third-order valence-electron chi connectivity index (χ3n) is 9.07. The molecule has 15 nitrogen and oxygen atoms in total. The van der Waals surface area contributed by atoms with Crippen molar-refractivity contribution in [1.29, 1.82) is 0 Å². The summed E-state index contributed by atoms with van der Waals surface area (Å²) >= 11 is 3.51. The molecule has 59 heavy (non-hydrogen) atoms. The van der Waals surface area contributed by atoms with Crippen LogP contribution < -0.4 is 16.0 Å². The van der Waals surface area contributed by atoms with Crippen molar-refractivity contribution < 1.29 is 52.4 Å². The standard InChI is InChI=1S/C43H49BrN4O11/c1-23(2)31(48-40(54)59-42(6,7)8)35-46-33(37(51)55-9)34(57-35)43(26-16-13-17-28(44)32(26)47-38(43)52)27-20-25(18-19-30(27)49)21-29(36(50)58-41(3,4)5)45-39(53)56-22-24-14-11-10-12-15-24/h10-20,23,29,31,49H,21-22H2,1-9H3,(H,45,53)(H,47,52)(H,48,54)/t29-,31-,43?/m0/s1. The van der Waals surface area contributed by atoms with E-state index in [4.69, 9.17) is 23.4 Å². The number of aromatic hydroxyl groups is 1. The number of fused-ring (bicyclic) bond motifs is 1. The van der Waals surface area contributed by atoms with E-state index in [0.717, 1.165) is 12.7 Å². The first-order valence-corrected chi connectivity index (χ1v) is 19.7. The van der Waals surface area contributed by atoms with Crippen LogP contribution in [0.1, 0.15) is 106 Å². The molecule has 1 unspecified atom stereocenters. The molecule has 0 bridgehead atoms. The minimum Gasteiger partial charge on any atom is -0.508 e. The van der Waals surface area contributed by atoms with Crippen LogP contribution in [0.5, 0.6) is 5.75 Å². The number of alkyl carbamates (subject to hydrolysis) is 2. The molecular formula is C43H49BrN4O11. The average molecular weight is 878 g/mol. The smallest absolute Gasteiger partial charge is 0.408 e. The number of para-hydroxylation sites is 1. The van der Waals surface area contributed by atoms with E-state index in [1.807, 2.05) is 6.07 Å². The number of anilines is 1. The predicted molar refractivity (Wildman–Crippen MR) is 219 cm³/mol. The highest BCUT2D eigenvalue weighted by Gasteiger charge is 2.57. The number of aromatic nitrogens is 1. The maximum Gasteiger partial charge on any atom is 0.408 e. The van der Waals surface area contributed by atoms with Crippen LogP contribution in [-0.4, -0.2) is 64.5 Å². The van der Waals surface area contributed by atoms with Crippen LogP contribution in [0.4, 0.5) is 15.3 Å². The van der Waals surface area contributed by atoms with E-state index in [2.05, 4.69) is 36.9 Å². The molecule has 4 aromatic rings. The first-order valence-electron chi connectivity index (χ1n) is 18.9. The van der Waals surface area contributed by atoms with Gasteiger partial charge in [0, 0.05) is 22.0 Å². The highest BCUT2D eigenvalue weighted by atomic mass is 79.9. The number of oxazole rings is 1. The van der Waals surface area contributed by atoms with E-state index in [0.29, 0.717) is 15.7 Å². The zero-order valence-electron chi connectivity index (χ0n) is 34.4. The summed E-state index contributed by atoms with van der Waals surface area (Å²) in [6.45, 7) is 13.7. The van der Waals surface area contributed by atoms with Crippen LogP contribution in [0.25, 0.3) is 0 Å². The van der Waals surface area contributed by atoms with Gasteiger partial charge < -0.3 is 44.4 Å². The van der Waals surface area contributed by atoms with Gasteiger partial charge in [0.1, 0.15) is 35.6 Å². The molecule has 1 aromatic heterocycles. The van der Waals surface area contributed by atoms with Gasteiger partial charge >= 0.3 is 24.1 Å². The minimum absolute atomic E-state index is 0.0592. The molecule has 0 spiro atoms. The molecule has 0 saturated carbocycles. The Hall–Kier alpha value is -5.90. The molecule has 16 heteroatoms. The highest BCUT2D eigenvalue weighted by molar-refractivity contribution is 9.10. The third-order valence-corrected chi connectivity index (χ3v) is 9.73. The van der Waals surface area contributed by atoms with Gasteiger partial charge in [0.05, 0.1) is 12.8 Å². The molecule has 1 aliphatic heterocycles. The van der Waals surface area contributed by atoms with Crippen LogP contribution in [0.15, 0.2) is 75.6 Å². The summed E-state index contributed by atoms with van der Waals surface area (Å²) in [7, 11) is 1.14. The summed E-state index contributed by atoms with van der Waals surface area (Å²) in [5, 5.41) is 20.0. The number of esters is 2. The third kappa shape index (κ3) is 10.0.